The standard InChI is InChI=1S/C16H14O2/c1-13-6-5-9-15(12-13)18-16(17)11-10-14-7-3-2-4-8-14/h2-12H,1H3. The topological polar surface area (TPSA) is 26.3 Å². The zero-order valence-corrected chi connectivity index (χ0v) is 10.2. The average Bonchev–Trinajstić information content (AvgIpc) is 2.38. The quantitative estimate of drug-likeness (QED) is 0.464. The molecule has 0 N–H and O–H groups in total. The van der Waals surface area contributed by atoms with Gasteiger partial charge >= 0.3 is 5.97 Å². The first-order valence-electron chi connectivity index (χ1n) is 5.76. The third-order valence-electron chi connectivity index (χ3n) is 2.42. The summed E-state index contributed by atoms with van der Waals surface area (Å²) in [5, 5.41) is 0. The van der Waals surface area contributed by atoms with Crippen molar-refractivity contribution in [2.24, 2.45) is 0 Å². The molecule has 0 radical (unpaired) electrons. The van der Waals surface area contributed by atoms with Crippen molar-refractivity contribution in [3.05, 3.63) is 71.8 Å². The second-order valence-corrected chi connectivity index (χ2v) is 3.98. The van der Waals surface area contributed by atoms with Crippen molar-refractivity contribution in [1.82, 2.24) is 0 Å². The molecule has 2 nitrogen and oxygen atoms in total. The molecule has 0 saturated carbocycles. The van der Waals surface area contributed by atoms with E-state index in [1.165, 1.54) is 6.08 Å². The molecule has 0 saturated heterocycles. The van der Waals surface area contributed by atoms with Crippen LogP contribution in [0.5, 0.6) is 5.75 Å². The number of carbonyl (C=O) groups is 1. The molecule has 18 heavy (non-hydrogen) atoms. The SMILES string of the molecule is Cc1cccc(OC(=O)C=Cc2ccccc2)c1. The lowest BCUT2D eigenvalue weighted by atomic mass is 10.2. The van der Waals surface area contributed by atoms with Crippen molar-refractivity contribution in [2.75, 3.05) is 0 Å². The maximum Gasteiger partial charge on any atom is 0.336 e. The summed E-state index contributed by atoms with van der Waals surface area (Å²) in [6, 6.07) is 17.0. The fraction of sp³-hybridized carbons (Fsp3) is 0.0625. The lowest BCUT2D eigenvalue weighted by molar-refractivity contribution is -0.128. The Kier molecular flexibility index (Phi) is 3.92. The minimum atomic E-state index is -0.371. The molecule has 2 rings (SSSR count). The highest BCUT2D eigenvalue weighted by atomic mass is 16.5. The summed E-state index contributed by atoms with van der Waals surface area (Å²) in [7, 11) is 0. The zero-order valence-electron chi connectivity index (χ0n) is 10.2. The van der Waals surface area contributed by atoms with Gasteiger partial charge in [0.1, 0.15) is 5.75 Å². The smallest absolute Gasteiger partial charge is 0.336 e. The van der Waals surface area contributed by atoms with Crippen LogP contribution in [0.15, 0.2) is 60.7 Å². The first kappa shape index (κ1) is 12.1. The molecule has 0 atom stereocenters. The average molecular weight is 238 g/mol. The molecule has 0 spiro atoms. The largest absolute Gasteiger partial charge is 0.423 e. The summed E-state index contributed by atoms with van der Waals surface area (Å²) < 4.78 is 5.19. The fourth-order valence-corrected chi connectivity index (χ4v) is 1.56. The van der Waals surface area contributed by atoms with Crippen molar-refractivity contribution < 1.29 is 9.53 Å². The summed E-state index contributed by atoms with van der Waals surface area (Å²) in [4.78, 5) is 11.6. The number of aryl methyl sites for hydroxylation is 1. The van der Waals surface area contributed by atoms with Gasteiger partial charge in [-0.2, -0.15) is 0 Å². The van der Waals surface area contributed by atoms with Crippen molar-refractivity contribution in [1.29, 1.82) is 0 Å². The highest BCUT2D eigenvalue weighted by molar-refractivity contribution is 5.88. The summed E-state index contributed by atoms with van der Waals surface area (Å²) in [5.74, 6) is 0.196. The molecule has 2 aromatic carbocycles. The van der Waals surface area contributed by atoms with Crippen molar-refractivity contribution in [3.63, 3.8) is 0 Å². The van der Waals surface area contributed by atoms with E-state index >= 15 is 0 Å². The van der Waals surface area contributed by atoms with Gasteiger partial charge in [-0.1, -0.05) is 42.5 Å². The lowest BCUT2D eigenvalue weighted by Crippen LogP contribution is -2.03. The van der Waals surface area contributed by atoms with Gasteiger partial charge in [-0.25, -0.2) is 4.79 Å². The van der Waals surface area contributed by atoms with Gasteiger partial charge in [-0.05, 0) is 36.3 Å². The van der Waals surface area contributed by atoms with Crippen LogP contribution >= 0.6 is 0 Å². The van der Waals surface area contributed by atoms with Crippen LogP contribution < -0.4 is 4.74 Å². The highest BCUT2D eigenvalue weighted by Gasteiger charge is 1.99. The normalized spacial score (nSPS) is 10.5. The van der Waals surface area contributed by atoms with Gasteiger partial charge in [0.25, 0.3) is 0 Å². The highest BCUT2D eigenvalue weighted by Crippen LogP contribution is 2.12. The molecule has 0 fully saturated rings. The number of esters is 1. The Morgan fingerprint density at radius 1 is 1.06 bits per heavy atom. The maximum absolute atomic E-state index is 11.6. The molecule has 2 heteroatoms. The van der Waals surface area contributed by atoms with Crippen LogP contribution in [-0.2, 0) is 4.79 Å². The minimum absolute atomic E-state index is 0.371. The number of rotatable bonds is 3. The van der Waals surface area contributed by atoms with Crippen LogP contribution in [0.1, 0.15) is 11.1 Å². The Bertz CT molecular complexity index is 556. The van der Waals surface area contributed by atoms with E-state index in [0.717, 1.165) is 11.1 Å². The third kappa shape index (κ3) is 3.59. The van der Waals surface area contributed by atoms with E-state index in [4.69, 9.17) is 4.74 Å². The fourth-order valence-electron chi connectivity index (χ4n) is 1.56. The van der Waals surface area contributed by atoms with Gasteiger partial charge in [0.2, 0.25) is 0 Å². The molecule has 0 unspecified atom stereocenters. The lowest BCUT2D eigenvalue weighted by Gasteiger charge is -2.01. The predicted molar refractivity (Wildman–Crippen MR) is 72.3 cm³/mol. The summed E-state index contributed by atoms with van der Waals surface area (Å²) in [5.41, 5.74) is 2.03. The number of ether oxygens (including phenoxy) is 1. The monoisotopic (exact) mass is 238 g/mol. The predicted octanol–water partition coefficient (Wildman–Crippen LogP) is 3.61. The minimum Gasteiger partial charge on any atom is -0.423 e. The summed E-state index contributed by atoms with van der Waals surface area (Å²) in [6.45, 7) is 1.96. The number of hydrogen-bond donors (Lipinski definition) is 0. The Labute approximate surface area is 107 Å². The van der Waals surface area contributed by atoms with Crippen LogP contribution in [0, 0.1) is 6.92 Å². The van der Waals surface area contributed by atoms with E-state index in [2.05, 4.69) is 0 Å². The van der Waals surface area contributed by atoms with Gasteiger partial charge in [0, 0.05) is 6.08 Å². The molecular formula is C16H14O2. The Balaban J connectivity index is 1.99. The Morgan fingerprint density at radius 2 is 1.83 bits per heavy atom. The molecule has 0 aliphatic heterocycles. The second-order valence-electron chi connectivity index (χ2n) is 3.98. The molecule has 2 aromatic rings. The molecule has 90 valence electrons. The van der Waals surface area contributed by atoms with E-state index in [1.54, 1.807) is 12.1 Å². The van der Waals surface area contributed by atoms with Gasteiger partial charge in [-0.15, -0.1) is 0 Å². The van der Waals surface area contributed by atoms with Crippen LogP contribution in [0.3, 0.4) is 0 Å². The summed E-state index contributed by atoms with van der Waals surface area (Å²) >= 11 is 0. The Morgan fingerprint density at radius 3 is 2.56 bits per heavy atom. The van der Waals surface area contributed by atoms with Crippen LogP contribution in [-0.4, -0.2) is 5.97 Å². The van der Waals surface area contributed by atoms with E-state index in [-0.39, 0.29) is 5.97 Å². The number of benzene rings is 2. The van der Waals surface area contributed by atoms with E-state index in [1.807, 2.05) is 55.5 Å². The molecule has 0 aliphatic carbocycles. The van der Waals surface area contributed by atoms with Crippen LogP contribution in [0.2, 0.25) is 0 Å². The van der Waals surface area contributed by atoms with E-state index in [0.29, 0.717) is 5.75 Å². The number of hydrogen-bond acceptors (Lipinski definition) is 2. The van der Waals surface area contributed by atoms with Crippen LogP contribution in [0.25, 0.3) is 6.08 Å². The molecule has 0 amide bonds. The van der Waals surface area contributed by atoms with Gasteiger partial charge < -0.3 is 4.74 Å². The molecule has 0 heterocycles. The van der Waals surface area contributed by atoms with Gasteiger partial charge in [0.05, 0.1) is 0 Å². The molecule has 0 aliphatic rings. The molecule has 0 bridgehead atoms. The van der Waals surface area contributed by atoms with Crippen molar-refractivity contribution in [2.45, 2.75) is 6.92 Å². The van der Waals surface area contributed by atoms with Crippen molar-refractivity contribution >= 4 is 12.0 Å². The van der Waals surface area contributed by atoms with E-state index in [9.17, 15) is 4.79 Å². The van der Waals surface area contributed by atoms with Crippen LogP contribution in [0.4, 0.5) is 0 Å². The zero-order chi connectivity index (χ0) is 12.8. The molecular weight excluding hydrogens is 224 g/mol. The third-order valence-corrected chi connectivity index (χ3v) is 2.42. The van der Waals surface area contributed by atoms with Gasteiger partial charge in [0.15, 0.2) is 0 Å². The second kappa shape index (κ2) is 5.82. The number of carbonyl (C=O) groups excluding carboxylic acids is 1. The molecule has 0 aromatic heterocycles. The summed E-state index contributed by atoms with van der Waals surface area (Å²) in [6.07, 6.45) is 3.16. The Hall–Kier alpha value is -2.35. The van der Waals surface area contributed by atoms with Crippen molar-refractivity contribution in [3.8, 4) is 5.75 Å². The first-order chi connectivity index (χ1) is 8.74. The van der Waals surface area contributed by atoms with Gasteiger partial charge in [-0.3, -0.25) is 0 Å². The first-order valence-corrected chi connectivity index (χ1v) is 5.76. The maximum atomic E-state index is 11.6. The van der Waals surface area contributed by atoms with E-state index < -0.39 is 0 Å².